The van der Waals surface area contributed by atoms with Crippen molar-refractivity contribution in [3.8, 4) is 0 Å². The molecular formula is C2H16N2Si2. The lowest BCUT2D eigenvalue weighted by Gasteiger charge is -1.72. The first kappa shape index (κ1) is 16.2. The van der Waals surface area contributed by atoms with Gasteiger partial charge in [-0.15, -0.1) is 0 Å². The average molecular weight is 124 g/mol. The van der Waals surface area contributed by atoms with Gasteiger partial charge in [0.1, 0.15) is 0 Å². The van der Waals surface area contributed by atoms with Gasteiger partial charge in [0, 0.05) is 13.1 Å². The molecule has 0 fully saturated rings. The van der Waals surface area contributed by atoms with Crippen molar-refractivity contribution in [2.45, 2.75) is 0 Å². The van der Waals surface area contributed by atoms with Crippen LogP contribution in [0.1, 0.15) is 0 Å². The third-order valence-electron chi connectivity index (χ3n) is 0.167. The first-order valence-corrected chi connectivity index (χ1v) is 1.32. The molecule has 0 aromatic heterocycles. The molecule has 0 bridgehead atoms. The van der Waals surface area contributed by atoms with E-state index in [0.29, 0.717) is 13.1 Å². The van der Waals surface area contributed by atoms with E-state index >= 15 is 0 Å². The molecule has 0 saturated carbocycles. The van der Waals surface area contributed by atoms with Crippen LogP contribution in [-0.2, 0) is 0 Å². The highest BCUT2D eigenvalue weighted by Gasteiger charge is 1.54. The molecule has 4 N–H and O–H groups in total. The van der Waals surface area contributed by atoms with Crippen LogP contribution in [0.25, 0.3) is 0 Å². The lowest BCUT2D eigenvalue weighted by atomic mass is 10.7. The molecule has 0 rings (SSSR count). The third-order valence-corrected chi connectivity index (χ3v) is 0.167. The number of hydrogen-bond acceptors (Lipinski definition) is 2. The van der Waals surface area contributed by atoms with Gasteiger partial charge in [-0.2, -0.15) is 0 Å². The summed E-state index contributed by atoms with van der Waals surface area (Å²) in [5.74, 6) is 0. The van der Waals surface area contributed by atoms with E-state index < -0.39 is 0 Å². The molecule has 0 aromatic carbocycles. The van der Waals surface area contributed by atoms with Gasteiger partial charge in [-0.25, -0.2) is 0 Å². The molecule has 0 aliphatic carbocycles. The maximum atomic E-state index is 4.90. The summed E-state index contributed by atoms with van der Waals surface area (Å²) in [5.41, 5.74) is 9.81. The fraction of sp³-hybridized carbons (Fsp3) is 1.00. The van der Waals surface area contributed by atoms with Crippen molar-refractivity contribution in [3.63, 3.8) is 0 Å². The maximum absolute atomic E-state index is 4.90. The Morgan fingerprint density at radius 1 is 0.833 bits per heavy atom. The molecule has 0 atom stereocenters. The van der Waals surface area contributed by atoms with Gasteiger partial charge in [-0.1, -0.05) is 0 Å². The Morgan fingerprint density at radius 3 is 1.00 bits per heavy atom. The number of rotatable bonds is 1. The Balaban J connectivity index is -0.0000000450. The molecule has 0 aliphatic heterocycles. The van der Waals surface area contributed by atoms with Gasteiger partial charge in [0.15, 0.2) is 0 Å². The summed E-state index contributed by atoms with van der Waals surface area (Å²) in [4.78, 5) is 0. The average Bonchev–Trinajstić information content (AvgIpc) is 1.37. The van der Waals surface area contributed by atoms with Gasteiger partial charge < -0.3 is 11.5 Å². The second kappa shape index (κ2) is 18.3. The fourth-order valence-electron chi connectivity index (χ4n) is 0. The molecule has 0 aliphatic rings. The molecule has 0 unspecified atom stereocenters. The topological polar surface area (TPSA) is 52.0 Å². The van der Waals surface area contributed by atoms with Crippen molar-refractivity contribution in [3.05, 3.63) is 0 Å². The predicted octanol–water partition coefficient (Wildman–Crippen LogP) is -4.00. The van der Waals surface area contributed by atoms with Crippen molar-refractivity contribution in [1.82, 2.24) is 0 Å². The van der Waals surface area contributed by atoms with Crippen molar-refractivity contribution < 1.29 is 0 Å². The Labute approximate surface area is 47.3 Å². The highest BCUT2D eigenvalue weighted by Crippen LogP contribution is 1.24. The zero-order valence-electron chi connectivity index (χ0n) is 2.57. The van der Waals surface area contributed by atoms with Crippen molar-refractivity contribution >= 4 is 21.9 Å². The minimum atomic E-state index is 0. The first-order chi connectivity index (χ1) is 1.91. The van der Waals surface area contributed by atoms with E-state index in [0.717, 1.165) is 0 Å². The molecule has 0 aromatic rings. The molecule has 0 amide bonds. The van der Waals surface area contributed by atoms with Gasteiger partial charge in [0.05, 0.1) is 0 Å². The number of nitrogens with two attached hydrogens (primary N) is 2. The van der Waals surface area contributed by atoms with E-state index in [9.17, 15) is 0 Å². The van der Waals surface area contributed by atoms with Crippen LogP contribution in [0.3, 0.4) is 0 Å². The SMILES string of the molecule is NCCN.[SiH4].[SiH4]. The molecular weight excluding hydrogens is 108 g/mol. The minimum absolute atomic E-state index is 0. The lowest BCUT2D eigenvalue weighted by molar-refractivity contribution is 0.976. The lowest BCUT2D eigenvalue weighted by Crippen LogP contribution is -2.11. The first-order valence-electron chi connectivity index (χ1n) is 1.32. The summed E-state index contributed by atoms with van der Waals surface area (Å²) in [6, 6.07) is 0. The highest BCUT2D eigenvalue weighted by atomic mass is 28.1. The summed E-state index contributed by atoms with van der Waals surface area (Å²) in [5, 5.41) is 0. The standard InChI is InChI=1S/C2H8N2.2H4Si/c3-1-2-4;;/h1-4H2;2*1H4. The zero-order chi connectivity index (χ0) is 3.41. The van der Waals surface area contributed by atoms with Crippen LogP contribution in [0.15, 0.2) is 0 Å². The second-order valence-electron chi connectivity index (χ2n) is 0.577. The molecule has 42 valence electrons. The largest absolute Gasteiger partial charge is 0.329 e. The molecule has 4 heteroatoms. The highest BCUT2D eigenvalue weighted by molar-refractivity contribution is 5.76. The summed E-state index contributed by atoms with van der Waals surface area (Å²) < 4.78 is 0. The summed E-state index contributed by atoms with van der Waals surface area (Å²) >= 11 is 0. The van der Waals surface area contributed by atoms with E-state index in [4.69, 9.17) is 11.5 Å². The molecule has 0 spiro atoms. The Kier molecular flexibility index (Phi) is 49.4. The van der Waals surface area contributed by atoms with Gasteiger partial charge in [-0.05, 0) is 21.9 Å². The molecule has 0 saturated heterocycles. The van der Waals surface area contributed by atoms with Gasteiger partial charge in [0.2, 0.25) is 0 Å². The molecule has 0 radical (unpaired) electrons. The van der Waals surface area contributed by atoms with E-state index in [1.165, 1.54) is 0 Å². The van der Waals surface area contributed by atoms with E-state index in [-0.39, 0.29) is 21.9 Å². The Hall–Kier alpha value is 0.354. The minimum Gasteiger partial charge on any atom is -0.329 e. The van der Waals surface area contributed by atoms with E-state index in [1.807, 2.05) is 0 Å². The molecule has 2 nitrogen and oxygen atoms in total. The summed E-state index contributed by atoms with van der Waals surface area (Å²) in [6.45, 7) is 1.19. The Morgan fingerprint density at radius 2 is 1.00 bits per heavy atom. The van der Waals surface area contributed by atoms with Gasteiger partial charge in [0.25, 0.3) is 0 Å². The Bertz CT molecular complexity index is 11.5. The van der Waals surface area contributed by atoms with Crippen molar-refractivity contribution in [2.75, 3.05) is 13.1 Å². The van der Waals surface area contributed by atoms with E-state index in [2.05, 4.69) is 0 Å². The van der Waals surface area contributed by atoms with E-state index in [1.54, 1.807) is 0 Å². The summed E-state index contributed by atoms with van der Waals surface area (Å²) in [6.07, 6.45) is 0. The monoisotopic (exact) mass is 124 g/mol. The maximum Gasteiger partial charge on any atom is 0.00461 e. The van der Waals surface area contributed by atoms with Crippen LogP contribution in [-0.4, -0.2) is 35.0 Å². The zero-order valence-corrected chi connectivity index (χ0v) is 2.57. The quantitative estimate of drug-likeness (QED) is 0.350. The number of hydrogen-bond donors (Lipinski definition) is 2. The van der Waals surface area contributed by atoms with Crippen LogP contribution in [0.2, 0.25) is 0 Å². The summed E-state index contributed by atoms with van der Waals surface area (Å²) in [7, 11) is 0. The second-order valence-corrected chi connectivity index (χ2v) is 0.577. The smallest absolute Gasteiger partial charge is 0.00461 e. The van der Waals surface area contributed by atoms with Crippen LogP contribution in [0, 0.1) is 0 Å². The molecule has 6 heavy (non-hydrogen) atoms. The van der Waals surface area contributed by atoms with Gasteiger partial charge in [-0.3, -0.25) is 0 Å². The fourth-order valence-corrected chi connectivity index (χ4v) is 0. The normalized spacial score (nSPS) is 5.00. The van der Waals surface area contributed by atoms with Crippen molar-refractivity contribution in [1.29, 1.82) is 0 Å². The predicted molar refractivity (Wildman–Crippen MR) is 40.8 cm³/mol. The van der Waals surface area contributed by atoms with Gasteiger partial charge >= 0.3 is 0 Å². The third kappa shape index (κ3) is 26.7. The van der Waals surface area contributed by atoms with Crippen LogP contribution < -0.4 is 11.5 Å². The van der Waals surface area contributed by atoms with Crippen LogP contribution >= 0.6 is 0 Å². The van der Waals surface area contributed by atoms with Crippen LogP contribution in [0.5, 0.6) is 0 Å². The molecule has 0 heterocycles. The van der Waals surface area contributed by atoms with Crippen LogP contribution in [0.4, 0.5) is 0 Å². The van der Waals surface area contributed by atoms with Crippen molar-refractivity contribution in [2.24, 2.45) is 11.5 Å².